The van der Waals surface area contributed by atoms with Crippen molar-refractivity contribution in [2.45, 2.75) is 44.8 Å². The van der Waals surface area contributed by atoms with E-state index in [4.69, 9.17) is 4.74 Å². The van der Waals surface area contributed by atoms with Crippen LogP contribution in [-0.2, 0) is 6.54 Å². The van der Waals surface area contributed by atoms with Gasteiger partial charge in [0.25, 0.3) is 0 Å². The van der Waals surface area contributed by atoms with Gasteiger partial charge in [0.2, 0.25) is 5.88 Å². The fourth-order valence-corrected chi connectivity index (χ4v) is 4.40. The standard InChI is InChI=1S/C17H29N2O2P/c1-21-17-8-7-15(10-19-17)9-18-11-16(20)13-22-12-14-5-3-2-4-6-14/h7-8,10,14,16,18,20,22H,2-6,9,11-13H2,1H3/t16-/m0/s1. The Hall–Kier alpha value is -0.700. The molecule has 22 heavy (non-hydrogen) atoms. The van der Waals surface area contributed by atoms with Crippen LogP contribution in [0.15, 0.2) is 18.3 Å². The molecule has 2 atom stereocenters. The molecule has 0 bridgehead atoms. The lowest BCUT2D eigenvalue weighted by molar-refractivity contribution is 0.194. The van der Waals surface area contributed by atoms with Gasteiger partial charge >= 0.3 is 0 Å². The highest BCUT2D eigenvalue weighted by molar-refractivity contribution is 7.38. The van der Waals surface area contributed by atoms with Gasteiger partial charge in [-0.1, -0.05) is 38.2 Å². The van der Waals surface area contributed by atoms with E-state index < -0.39 is 0 Å². The summed E-state index contributed by atoms with van der Waals surface area (Å²) in [6.07, 6.45) is 10.9. The summed E-state index contributed by atoms with van der Waals surface area (Å²) in [5.41, 5.74) is 1.11. The number of hydrogen-bond donors (Lipinski definition) is 2. The van der Waals surface area contributed by atoms with E-state index >= 15 is 0 Å². The molecule has 1 aromatic heterocycles. The zero-order valence-corrected chi connectivity index (χ0v) is 14.6. The molecule has 1 fully saturated rings. The van der Waals surface area contributed by atoms with E-state index in [9.17, 15) is 5.11 Å². The molecule has 1 aliphatic rings. The van der Waals surface area contributed by atoms with Crippen LogP contribution in [0.2, 0.25) is 0 Å². The molecular weight excluding hydrogens is 295 g/mol. The summed E-state index contributed by atoms with van der Waals surface area (Å²) >= 11 is 0. The second-order valence-electron chi connectivity index (χ2n) is 6.16. The summed E-state index contributed by atoms with van der Waals surface area (Å²) in [7, 11) is 2.52. The fraction of sp³-hybridized carbons (Fsp3) is 0.706. The molecule has 4 nitrogen and oxygen atoms in total. The van der Waals surface area contributed by atoms with Gasteiger partial charge < -0.3 is 15.2 Å². The van der Waals surface area contributed by atoms with Crippen molar-refractivity contribution in [1.29, 1.82) is 0 Å². The Balaban J connectivity index is 1.53. The third kappa shape index (κ3) is 6.60. The number of nitrogens with zero attached hydrogens (tertiary/aromatic N) is 1. The van der Waals surface area contributed by atoms with Crippen LogP contribution in [0, 0.1) is 5.92 Å². The molecule has 5 heteroatoms. The number of ether oxygens (including phenoxy) is 1. The second kappa shape index (κ2) is 10.1. The van der Waals surface area contributed by atoms with Gasteiger partial charge in [0.15, 0.2) is 0 Å². The Morgan fingerprint density at radius 2 is 2.18 bits per heavy atom. The smallest absolute Gasteiger partial charge is 0.212 e. The van der Waals surface area contributed by atoms with E-state index in [2.05, 4.69) is 10.3 Å². The summed E-state index contributed by atoms with van der Waals surface area (Å²) in [5.74, 6) is 1.56. The first kappa shape index (κ1) is 17.7. The number of rotatable bonds is 9. The van der Waals surface area contributed by atoms with E-state index in [0.717, 1.165) is 32.8 Å². The van der Waals surface area contributed by atoms with Gasteiger partial charge in [0, 0.05) is 25.4 Å². The highest BCUT2D eigenvalue weighted by atomic mass is 31.1. The Morgan fingerprint density at radius 1 is 1.36 bits per heavy atom. The van der Waals surface area contributed by atoms with Crippen LogP contribution in [0.1, 0.15) is 37.7 Å². The summed E-state index contributed by atoms with van der Waals surface area (Å²) < 4.78 is 5.04. The van der Waals surface area contributed by atoms with E-state index in [0.29, 0.717) is 12.4 Å². The van der Waals surface area contributed by atoms with Gasteiger partial charge in [0.1, 0.15) is 0 Å². The van der Waals surface area contributed by atoms with Crippen LogP contribution >= 0.6 is 8.58 Å². The maximum atomic E-state index is 10.0. The molecule has 1 aliphatic carbocycles. The lowest BCUT2D eigenvalue weighted by atomic mass is 9.91. The van der Waals surface area contributed by atoms with Gasteiger partial charge in [0.05, 0.1) is 13.2 Å². The van der Waals surface area contributed by atoms with E-state index in [1.165, 1.54) is 38.3 Å². The molecule has 0 aliphatic heterocycles. The highest BCUT2D eigenvalue weighted by Gasteiger charge is 2.13. The zero-order chi connectivity index (χ0) is 15.6. The van der Waals surface area contributed by atoms with Crippen LogP contribution in [0.25, 0.3) is 0 Å². The lowest BCUT2D eigenvalue weighted by Crippen LogP contribution is -2.28. The number of aliphatic hydroxyl groups is 1. The Bertz CT molecular complexity index is 408. The van der Waals surface area contributed by atoms with Gasteiger partial charge in [-0.25, -0.2) is 4.98 Å². The van der Waals surface area contributed by atoms with Crippen molar-refractivity contribution >= 4 is 8.58 Å². The molecule has 1 heterocycles. The number of hydrogen-bond acceptors (Lipinski definition) is 4. The molecular formula is C17H29N2O2P. The third-order valence-electron chi connectivity index (χ3n) is 4.25. The first-order chi connectivity index (χ1) is 10.8. The molecule has 1 unspecified atom stereocenters. The molecule has 0 saturated heterocycles. The third-order valence-corrected chi connectivity index (χ3v) is 5.88. The average Bonchev–Trinajstić information content (AvgIpc) is 2.56. The molecule has 2 N–H and O–H groups in total. The van der Waals surface area contributed by atoms with Crippen molar-refractivity contribution < 1.29 is 9.84 Å². The molecule has 2 rings (SSSR count). The molecule has 1 saturated carbocycles. The number of aromatic nitrogens is 1. The van der Waals surface area contributed by atoms with E-state index in [1.54, 1.807) is 7.11 Å². The minimum atomic E-state index is -0.229. The number of methoxy groups -OCH3 is 1. The molecule has 0 aromatic carbocycles. The minimum absolute atomic E-state index is 0.229. The first-order valence-electron chi connectivity index (χ1n) is 8.36. The van der Waals surface area contributed by atoms with Gasteiger partial charge in [-0.3, -0.25) is 0 Å². The zero-order valence-electron chi connectivity index (χ0n) is 13.6. The highest BCUT2D eigenvalue weighted by Crippen LogP contribution is 2.29. The lowest BCUT2D eigenvalue weighted by Gasteiger charge is -2.22. The van der Waals surface area contributed by atoms with Gasteiger partial charge in [-0.15, -0.1) is 8.58 Å². The predicted octanol–water partition coefficient (Wildman–Crippen LogP) is 2.80. The first-order valence-corrected chi connectivity index (χ1v) is 9.77. The molecule has 1 aromatic rings. The van der Waals surface area contributed by atoms with Crippen LogP contribution in [0.4, 0.5) is 0 Å². The van der Waals surface area contributed by atoms with Crippen molar-refractivity contribution in [3.05, 3.63) is 23.9 Å². The average molecular weight is 324 g/mol. The van der Waals surface area contributed by atoms with E-state index in [1.807, 2.05) is 18.3 Å². The predicted molar refractivity (Wildman–Crippen MR) is 93.1 cm³/mol. The summed E-state index contributed by atoms with van der Waals surface area (Å²) in [4.78, 5) is 4.17. The normalized spacial score (nSPS) is 17.9. The molecule has 0 radical (unpaired) electrons. The Labute approximate surface area is 135 Å². The van der Waals surface area contributed by atoms with Crippen LogP contribution in [0.3, 0.4) is 0 Å². The monoisotopic (exact) mass is 324 g/mol. The molecule has 124 valence electrons. The summed E-state index contributed by atoms with van der Waals surface area (Å²) in [6.45, 7) is 1.39. The SMILES string of the molecule is COc1ccc(CNC[C@H](O)CPCC2CCCCC2)cn1. The number of nitrogens with one attached hydrogen (secondary N) is 1. The molecule has 0 spiro atoms. The number of aliphatic hydroxyl groups excluding tert-OH is 1. The van der Waals surface area contributed by atoms with Crippen molar-refractivity contribution in [3.8, 4) is 5.88 Å². The number of pyridine rings is 1. The van der Waals surface area contributed by atoms with Crippen LogP contribution in [0.5, 0.6) is 5.88 Å². The van der Waals surface area contributed by atoms with Crippen LogP contribution in [-0.4, -0.2) is 42.2 Å². The fourth-order valence-electron chi connectivity index (χ4n) is 2.94. The van der Waals surface area contributed by atoms with E-state index in [-0.39, 0.29) is 6.10 Å². The van der Waals surface area contributed by atoms with Gasteiger partial charge in [-0.2, -0.15) is 0 Å². The van der Waals surface area contributed by atoms with Crippen molar-refractivity contribution in [3.63, 3.8) is 0 Å². The van der Waals surface area contributed by atoms with Crippen molar-refractivity contribution in [1.82, 2.24) is 10.3 Å². The molecule has 0 amide bonds. The van der Waals surface area contributed by atoms with Gasteiger partial charge in [-0.05, 0) is 23.8 Å². The van der Waals surface area contributed by atoms with Crippen LogP contribution < -0.4 is 10.1 Å². The van der Waals surface area contributed by atoms with Crippen molar-refractivity contribution in [2.24, 2.45) is 5.92 Å². The quantitative estimate of drug-likeness (QED) is 0.686. The topological polar surface area (TPSA) is 54.4 Å². The summed E-state index contributed by atoms with van der Waals surface area (Å²) in [6, 6.07) is 3.86. The minimum Gasteiger partial charge on any atom is -0.481 e. The van der Waals surface area contributed by atoms with Crippen molar-refractivity contribution in [2.75, 3.05) is 26.0 Å². The second-order valence-corrected chi connectivity index (χ2v) is 7.47. The Morgan fingerprint density at radius 3 is 2.86 bits per heavy atom. The maximum Gasteiger partial charge on any atom is 0.212 e. The summed E-state index contributed by atoms with van der Waals surface area (Å²) in [5, 5.41) is 13.3. The Kier molecular flexibility index (Phi) is 8.14. The largest absolute Gasteiger partial charge is 0.481 e. The maximum absolute atomic E-state index is 10.0.